The molecule has 0 fully saturated rings. The molecular weight excluding hydrogens is 433 g/mol. The third kappa shape index (κ3) is 5.78. The summed E-state index contributed by atoms with van der Waals surface area (Å²) in [5, 5.41) is 14.7. The molecule has 1 aromatic carbocycles. The zero-order valence-corrected chi connectivity index (χ0v) is 17.9. The molecular formula is C17H18Cl3N3O3S. The van der Waals surface area contributed by atoms with Crippen molar-refractivity contribution in [2.24, 2.45) is 0 Å². The summed E-state index contributed by atoms with van der Waals surface area (Å²) in [6, 6.07) is 6.90. The number of amides is 1. The average molecular weight is 451 g/mol. The molecule has 0 spiro atoms. The van der Waals surface area contributed by atoms with Crippen molar-refractivity contribution in [1.82, 2.24) is 4.98 Å². The van der Waals surface area contributed by atoms with Gasteiger partial charge in [-0.1, -0.05) is 67.7 Å². The Morgan fingerprint density at radius 3 is 2.37 bits per heavy atom. The van der Waals surface area contributed by atoms with Gasteiger partial charge in [0.1, 0.15) is 0 Å². The lowest BCUT2D eigenvalue weighted by Crippen LogP contribution is -2.20. The smallest absolute Gasteiger partial charge is 0.259 e. The van der Waals surface area contributed by atoms with Crippen LogP contribution in [-0.4, -0.2) is 27.2 Å². The molecule has 0 saturated carbocycles. The van der Waals surface area contributed by atoms with Crippen LogP contribution in [0.15, 0.2) is 24.3 Å². The second-order valence-electron chi connectivity index (χ2n) is 6.89. The van der Waals surface area contributed by atoms with Crippen molar-refractivity contribution in [3.63, 3.8) is 0 Å². The molecule has 1 N–H and O–H groups in total. The van der Waals surface area contributed by atoms with Crippen molar-refractivity contribution >= 4 is 57.2 Å². The van der Waals surface area contributed by atoms with E-state index in [-0.39, 0.29) is 11.5 Å². The molecule has 27 heavy (non-hydrogen) atoms. The summed E-state index contributed by atoms with van der Waals surface area (Å²) >= 11 is 18.3. The molecule has 0 aliphatic heterocycles. The lowest BCUT2D eigenvalue weighted by Gasteiger charge is -2.21. The molecule has 2 rings (SSSR count). The van der Waals surface area contributed by atoms with E-state index in [9.17, 15) is 14.9 Å². The first-order chi connectivity index (χ1) is 12.5. The van der Waals surface area contributed by atoms with Crippen molar-refractivity contribution < 1.29 is 9.72 Å². The second-order valence-corrected chi connectivity index (χ2v) is 9.45. The molecule has 0 bridgehead atoms. The van der Waals surface area contributed by atoms with Gasteiger partial charge in [0.05, 0.1) is 11.6 Å². The predicted octanol–water partition coefficient (Wildman–Crippen LogP) is 5.24. The normalized spacial score (nSPS) is 12.9. The van der Waals surface area contributed by atoms with Gasteiger partial charge >= 0.3 is 0 Å². The van der Waals surface area contributed by atoms with Crippen LogP contribution in [0.5, 0.6) is 0 Å². The number of anilines is 1. The Hall–Kier alpha value is -1.41. The zero-order valence-electron chi connectivity index (χ0n) is 14.8. The summed E-state index contributed by atoms with van der Waals surface area (Å²) < 4.78 is 0. The van der Waals surface area contributed by atoms with E-state index in [0.717, 1.165) is 5.56 Å². The summed E-state index contributed by atoms with van der Waals surface area (Å²) in [4.78, 5) is 26.7. The van der Waals surface area contributed by atoms with E-state index in [4.69, 9.17) is 34.8 Å². The van der Waals surface area contributed by atoms with Gasteiger partial charge in [-0.15, -0.1) is 11.3 Å². The van der Waals surface area contributed by atoms with Gasteiger partial charge in [0.2, 0.25) is 6.54 Å². The number of carbonyl (C=O) groups is 1. The van der Waals surface area contributed by atoms with Crippen LogP contribution >= 0.6 is 46.1 Å². The minimum Gasteiger partial charge on any atom is -0.300 e. The summed E-state index contributed by atoms with van der Waals surface area (Å²) in [6.07, 6.45) is 0. The summed E-state index contributed by atoms with van der Waals surface area (Å²) in [6.45, 7) is 5.55. The number of nitrogens with zero attached hydrogens (tertiary/aromatic N) is 2. The first-order valence-electron chi connectivity index (χ1n) is 7.96. The lowest BCUT2D eigenvalue weighted by molar-refractivity contribution is -0.481. The number of benzene rings is 1. The number of alkyl halides is 2. The maximum atomic E-state index is 11.8. The van der Waals surface area contributed by atoms with E-state index in [0.29, 0.717) is 20.7 Å². The maximum Gasteiger partial charge on any atom is 0.259 e. The van der Waals surface area contributed by atoms with Gasteiger partial charge in [-0.3, -0.25) is 20.2 Å². The van der Waals surface area contributed by atoms with Crippen LogP contribution in [0.4, 0.5) is 5.13 Å². The molecule has 146 valence electrons. The van der Waals surface area contributed by atoms with Crippen molar-refractivity contribution in [2.45, 2.75) is 36.9 Å². The fourth-order valence-corrected chi connectivity index (χ4v) is 4.04. The molecule has 2 aromatic rings. The number of rotatable bonds is 6. The predicted molar refractivity (Wildman–Crippen MR) is 110 cm³/mol. The van der Waals surface area contributed by atoms with E-state index in [1.807, 2.05) is 20.8 Å². The highest BCUT2D eigenvalue weighted by Crippen LogP contribution is 2.40. The van der Waals surface area contributed by atoms with E-state index in [2.05, 4.69) is 10.3 Å². The third-order valence-corrected chi connectivity index (χ3v) is 5.45. The number of nitrogens with one attached hydrogen (secondary N) is 1. The molecule has 0 saturated heterocycles. The van der Waals surface area contributed by atoms with Crippen LogP contribution in [0.2, 0.25) is 5.02 Å². The number of nitro groups is 1. The van der Waals surface area contributed by atoms with Gasteiger partial charge < -0.3 is 0 Å². The highest BCUT2D eigenvalue weighted by molar-refractivity contribution is 7.16. The Morgan fingerprint density at radius 2 is 1.89 bits per heavy atom. The van der Waals surface area contributed by atoms with Crippen molar-refractivity contribution in [3.05, 3.63) is 55.5 Å². The van der Waals surface area contributed by atoms with E-state index >= 15 is 0 Å². The van der Waals surface area contributed by atoms with Gasteiger partial charge in [0.15, 0.2) is 9.97 Å². The minimum absolute atomic E-state index is 0.300. The number of aromatic nitrogens is 1. The minimum atomic E-state index is -1.23. The average Bonchev–Trinajstić information content (AvgIpc) is 2.97. The van der Waals surface area contributed by atoms with Crippen LogP contribution in [-0.2, 0) is 10.2 Å². The molecule has 0 aliphatic carbocycles. The Balaban J connectivity index is 2.55. The van der Waals surface area contributed by atoms with E-state index in [1.54, 1.807) is 24.3 Å². The van der Waals surface area contributed by atoms with Crippen LogP contribution in [0, 0.1) is 10.1 Å². The molecule has 1 amide bonds. The van der Waals surface area contributed by atoms with Crippen LogP contribution in [0.1, 0.15) is 42.8 Å². The molecule has 0 aliphatic rings. The van der Waals surface area contributed by atoms with E-state index in [1.165, 1.54) is 11.3 Å². The van der Waals surface area contributed by atoms with Gasteiger partial charge in [0.25, 0.3) is 5.91 Å². The van der Waals surface area contributed by atoms with Crippen molar-refractivity contribution in [2.75, 3.05) is 11.9 Å². The second kappa shape index (κ2) is 8.73. The van der Waals surface area contributed by atoms with Gasteiger partial charge in [-0.25, -0.2) is 4.98 Å². The molecule has 0 radical (unpaired) electrons. The largest absolute Gasteiger partial charge is 0.300 e. The van der Waals surface area contributed by atoms with Gasteiger partial charge in [0, 0.05) is 20.2 Å². The van der Waals surface area contributed by atoms with Crippen LogP contribution < -0.4 is 5.32 Å². The fourth-order valence-electron chi connectivity index (χ4n) is 2.50. The molecule has 1 atom stereocenters. The van der Waals surface area contributed by atoms with Crippen LogP contribution in [0.25, 0.3) is 0 Å². The monoisotopic (exact) mass is 449 g/mol. The standard InChI is InChI=1S/C17H18Cl3N3O3S/c1-17(2,3)13-12(27-16(21-13)22-15(24)14(19)20)11(8-23(25)26)9-4-6-10(18)7-5-9/h4-7,11,14H,8H2,1-3H3,(H,21,22,24). The number of hydrogen-bond donors (Lipinski definition) is 1. The molecule has 6 nitrogen and oxygen atoms in total. The Bertz CT molecular complexity index is 832. The molecule has 10 heteroatoms. The van der Waals surface area contributed by atoms with Crippen LogP contribution in [0.3, 0.4) is 0 Å². The van der Waals surface area contributed by atoms with Crippen molar-refractivity contribution in [3.8, 4) is 0 Å². The van der Waals surface area contributed by atoms with Gasteiger partial charge in [-0.05, 0) is 17.7 Å². The SMILES string of the molecule is CC(C)(C)c1nc(NC(=O)C(Cl)Cl)sc1C(C[N+](=O)[O-])c1ccc(Cl)cc1. The number of hydrogen-bond acceptors (Lipinski definition) is 5. The maximum absolute atomic E-state index is 11.8. The summed E-state index contributed by atoms with van der Waals surface area (Å²) in [5.41, 5.74) is 1.03. The molecule has 1 aromatic heterocycles. The summed E-state index contributed by atoms with van der Waals surface area (Å²) in [7, 11) is 0. The highest BCUT2D eigenvalue weighted by Gasteiger charge is 2.32. The fraction of sp³-hybridized carbons (Fsp3) is 0.412. The Morgan fingerprint density at radius 1 is 1.30 bits per heavy atom. The topological polar surface area (TPSA) is 85.1 Å². The first-order valence-corrected chi connectivity index (χ1v) is 10.0. The zero-order chi connectivity index (χ0) is 20.4. The first kappa shape index (κ1) is 21.9. The lowest BCUT2D eigenvalue weighted by atomic mass is 9.86. The highest BCUT2D eigenvalue weighted by atomic mass is 35.5. The summed E-state index contributed by atoms with van der Waals surface area (Å²) in [5.74, 6) is -1.13. The Kier molecular flexibility index (Phi) is 7.08. The van der Waals surface area contributed by atoms with Gasteiger partial charge in [-0.2, -0.15) is 0 Å². The number of carbonyl (C=O) groups excluding carboxylic acids is 1. The van der Waals surface area contributed by atoms with Crippen molar-refractivity contribution in [1.29, 1.82) is 0 Å². The number of thiazole rings is 1. The van der Waals surface area contributed by atoms with E-state index < -0.39 is 22.1 Å². The number of halogens is 3. The third-order valence-electron chi connectivity index (χ3n) is 3.71. The molecule has 1 heterocycles. The quantitative estimate of drug-likeness (QED) is 0.370. The Labute approximate surface area is 176 Å². The molecule has 1 unspecified atom stereocenters.